The van der Waals surface area contributed by atoms with Gasteiger partial charge in [0.1, 0.15) is 5.75 Å². The lowest BCUT2D eigenvalue weighted by atomic mass is 10.3. The second-order valence-corrected chi connectivity index (χ2v) is 2.87. The predicted molar refractivity (Wildman–Crippen MR) is 47.0 cm³/mol. The van der Waals surface area contributed by atoms with E-state index in [2.05, 4.69) is 25.3 Å². The van der Waals surface area contributed by atoms with E-state index in [4.69, 9.17) is 10.8 Å². The van der Waals surface area contributed by atoms with Crippen LogP contribution in [0.15, 0.2) is 21.9 Å². The van der Waals surface area contributed by atoms with Crippen LogP contribution >= 0.6 is 25.3 Å². The summed E-state index contributed by atoms with van der Waals surface area (Å²) in [4.78, 5) is 0.898. The molecule has 1 aromatic rings. The van der Waals surface area contributed by atoms with Gasteiger partial charge >= 0.3 is 0 Å². The molecule has 10 heavy (non-hydrogen) atoms. The molecule has 3 N–H and O–H groups in total. The SMILES string of the molecule is Nc1cc(S)c(O)c(S)c1. The highest BCUT2D eigenvalue weighted by molar-refractivity contribution is 7.81. The van der Waals surface area contributed by atoms with Gasteiger partial charge in [-0.3, -0.25) is 0 Å². The van der Waals surface area contributed by atoms with Crippen molar-refractivity contribution in [2.75, 3.05) is 5.73 Å². The summed E-state index contributed by atoms with van der Waals surface area (Å²) in [6.07, 6.45) is 0. The second-order valence-electron chi connectivity index (χ2n) is 1.91. The van der Waals surface area contributed by atoms with Gasteiger partial charge in [0, 0.05) is 15.5 Å². The zero-order valence-electron chi connectivity index (χ0n) is 5.07. The third-order valence-electron chi connectivity index (χ3n) is 1.09. The number of benzene rings is 1. The van der Waals surface area contributed by atoms with Gasteiger partial charge in [0.2, 0.25) is 0 Å². The van der Waals surface area contributed by atoms with Crippen molar-refractivity contribution in [1.82, 2.24) is 0 Å². The molecule has 0 aliphatic heterocycles. The first kappa shape index (κ1) is 7.63. The molecule has 0 spiro atoms. The summed E-state index contributed by atoms with van der Waals surface area (Å²) in [5.41, 5.74) is 5.97. The summed E-state index contributed by atoms with van der Waals surface area (Å²) in [6, 6.07) is 3.14. The normalized spacial score (nSPS) is 9.80. The van der Waals surface area contributed by atoms with E-state index in [1.54, 1.807) is 12.1 Å². The molecule has 0 aliphatic rings. The number of nitrogens with two attached hydrogens (primary N) is 1. The Hall–Kier alpha value is -0.480. The third-order valence-corrected chi connectivity index (χ3v) is 1.77. The molecule has 0 atom stereocenters. The van der Waals surface area contributed by atoms with E-state index in [0.29, 0.717) is 15.5 Å². The third kappa shape index (κ3) is 1.33. The summed E-state index contributed by atoms with van der Waals surface area (Å²) < 4.78 is 0. The van der Waals surface area contributed by atoms with Gasteiger partial charge in [-0.25, -0.2) is 0 Å². The first-order valence-corrected chi connectivity index (χ1v) is 3.51. The largest absolute Gasteiger partial charge is 0.506 e. The molecule has 0 bridgehead atoms. The van der Waals surface area contributed by atoms with Crippen molar-refractivity contribution in [3.63, 3.8) is 0 Å². The summed E-state index contributed by atoms with van der Waals surface area (Å²) in [7, 11) is 0. The number of nitrogen functional groups attached to an aromatic ring is 1. The van der Waals surface area contributed by atoms with Crippen LogP contribution in [0.3, 0.4) is 0 Å². The van der Waals surface area contributed by atoms with Crippen molar-refractivity contribution in [1.29, 1.82) is 0 Å². The standard InChI is InChI=1S/C6H7NOS2/c7-3-1-4(9)6(8)5(10)2-3/h1-2,8-10H,7H2. The zero-order chi connectivity index (χ0) is 7.72. The van der Waals surface area contributed by atoms with Gasteiger partial charge in [0.15, 0.2) is 0 Å². The molecule has 2 nitrogen and oxygen atoms in total. The Morgan fingerprint density at radius 3 is 2.00 bits per heavy atom. The highest BCUT2D eigenvalue weighted by Gasteiger charge is 2.01. The van der Waals surface area contributed by atoms with Crippen molar-refractivity contribution < 1.29 is 5.11 Å². The Labute approximate surface area is 69.9 Å². The van der Waals surface area contributed by atoms with Crippen molar-refractivity contribution in [3.8, 4) is 5.75 Å². The highest BCUT2D eigenvalue weighted by atomic mass is 32.1. The van der Waals surface area contributed by atoms with Gasteiger partial charge in [-0.05, 0) is 12.1 Å². The van der Waals surface area contributed by atoms with Gasteiger partial charge in [0.05, 0.1) is 0 Å². The number of hydrogen-bond acceptors (Lipinski definition) is 4. The zero-order valence-corrected chi connectivity index (χ0v) is 6.86. The molecule has 0 saturated heterocycles. The van der Waals surface area contributed by atoms with E-state index in [1.165, 1.54) is 0 Å². The van der Waals surface area contributed by atoms with E-state index >= 15 is 0 Å². The number of hydrogen-bond donors (Lipinski definition) is 4. The average Bonchev–Trinajstić information content (AvgIpc) is 1.82. The van der Waals surface area contributed by atoms with Crippen LogP contribution in [0.5, 0.6) is 5.75 Å². The number of phenolic OH excluding ortho intramolecular Hbond substituents is 1. The molecule has 54 valence electrons. The minimum Gasteiger partial charge on any atom is -0.506 e. The number of phenols is 1. The van der Waals surface area contributed by atoms with E-state index < -0.39 is 0 Å². The maximum atomic E-state index is 9.12. The fraction of sp³-hybridized carbons (Fsp3) is 0. The van der Waals surface area contributed by atoms with Crippen LogP contribution in [0.25, 0.3) is 0 Å². The molecule has 0 amide bonds. The molecular formula is C6H7NOS2. The fourth-order valence-corrected chi connectivity index (χ4v) is 1.25. The van der Waals surface area contributed by atoms with Crippen LogP contribution in [0.2, 0.25) is 0 Å². The predicted octanol–water partition coefficient (Wildman–Crippen LogP) is 1.55. The molecular weight excluding hydrogens is 166 g/mol. The quantitative estimate of drug-likeness (QED) is 0.273. The topological polar surface area (TPSA) is 46.2 Å². The first-order valence-electron chi connectivity index (χ1n) is 2.61. The van der Waals surface area contributed by atoms with Crippen LogP contribution in [0, 0.1) is 0 Å². The molecule has 1 rings (SSSR count). The molecule has 0 aromatic heterocycles. The molecule has 0 radical (unpaired) electrons. The van der Waals surface area contributed by atoms with Gasteiger partial charge < -0.3 is 10.8 Å². The van der Waals surface area contributed by atoms with E-state index in [1.807, 2.05) is 0 Å². The van der Waals surface area contributed by atoms with Gasteiger partial charge in [-0.2, -0.15) is 0 Å². The van der Waals surface area contributed by atoms with Crippen molar-refractivity contribution in [3.05, 3.63) is 12.1 Å². The van der Waals surface area contributed by atoms with Crippen LogP contribution < -0.4 is 5.73 Å². The molecule has 4 heteroatoms. The lowest BCUT2D eigenvalue weighted by Crippen LogP contribution is -1.84. The number of rotatable bonds is 0. The van der Waals surface area contributed by atoms with Crippen molar-refractivity contribution >= 4 is 30.9 Å². The molecule has 0 aliphatic carbocycles. The van der Waals surface area contributed by atoms with Crippen molar-refractivity contribution in [2.45, 2.75) is 9.79 Å². The monoisotopic (exact) mass is 173 g/mol. The second kappa shape index (κ2) is 2.64. The number of thiol groups is 2. The summed E-state index contributed by atoms with van der Waals surface area (Å²) in [5.74, 6) is 0.0702. The number of aromatic hydroxyl groups is 1. The maximum absolute atomic E-state index is 9.12. The first-order chi connectivity index (χ1) is 4.61. The van der Waals surface area contributed by atoms with Crippen molar-refractivity contribution in [2.24, 2.45) is 0 Å². The van der Waals surface area contributed by atoms with E-state index in [-0.39, 0.29) is 5.75 Å². The van der Waals surface area contributed by atoms with Crippen LogP contribution in [0.1, 0.15) is 0 Å². The van der Waals surface area contributed by atoms with Gasteiger partial charge in [-0.1, -0.05) is 0 Å². The van der Waals surface area contributed by atoms with Crippen LogP contribution in [0.4, 0.5) is 5.69 Å². The molecule has 1 aromatic carbocycles. The Bertz CT molecular complexity index is 239. The molecule has 0 fully saturated rings. The molecule has 0 saturated carbocycles. The fourth-order valence-electron chi connectivity index (χ4n) is 0.625. The minimum absolute atomic E-state index is 0.0702. The smallest absolute Gasteiger partial charge is 0.142 e. The van der Waals surface area contributed by atoms with Crippen LogP contribution in [-0.4, -0.2) is 5.11 Å². The van der Waals surface area contributed by atoms with Gasteiger partial charge in [0.25, 0.3) is 0 Å². The summed E-state index contributed by atoms with van der Waals surface area (Å²) >= 11 is 7.92. The highest BCUT2D eigenvalue weighted by Crippen LogP contribution is 2.30. The molecule has 0 heterocycles. The summed E-state index contributed by atoms with van der Waals surface area (Å²) in [6.45, 7) is 0. The van der Waals surface area contributed by atoms with E-state index in [0.717, 1.165) is 0 Å². The Kier molecular flexibility index (Phi) is 2.01. The maximum Gasteiger partial charge on any atom is 0.142 e. The Morgan fingerprint density at radius 2 is 1.60 bits per heavy atom. The van der Waals surface area contributed by atoms with E-state index in [9.17, 15) is 0 Å². The number of anilines is 1. The lowest BCUT2D eigenvalue weighted by Gasteiger charge is -2.01. The Balaban J connectivity index is 3.31. The summed E-state index contributed by atoms with van der Waals surface area (Å²) in [5, 5.41) is 9.12. The molecule has 0 unspecified atom stereocenters. The lowest BCUT2D eigenvalue weighted by molar-refractivity contribution is 0.450. The van der Waals surface area contributed by atoms with Crippen LogP contribution in [-0.2, 0) is 0 Å². The Morgan fingerprint density at radius 1 is 1.20 bits per heavy atom. The minimum atomic E-state index is 0.0702. The average molecular weight is 173 g/mol. The van der Waals surface area contributed by atoms with Gasteiger partial charge in [-0.15, -0.1) is 25.3 Å².